The first-order valence-corrected chi connectivity index (χ1v) is 5.37. The highest BCUT2D eigenvalue weighted by Gasteiger charge is 2.06. The zero-order valence-electron chi connectivity index (χ0n) is 9.61. The number of nitrogens with two attached hydrogens (primary N) is 1. The topological polar surface area (TPSA) is 35.2 Å². The van der Waals surface area contributed by atoms with Gasteiger partial charge in [-0.15, -0.1) is 0 Å². The van der Waals surface area contributed by atoms with Gasteiger partial charge in [0.1, 0.15) is 11.6 Å². The molecule has 0 amide bonds. The first-order valence-electron chi connectivity index (χ1n) is 5.37. The van der Waals surface area contributed by atoms with Gasteiger partial charge in [0.15, 0.2) is 0 Å². The lowest BCUT2D eigenvalue weighted by atomic mass is 9.99. The van der Waals surface area contributed by atoms with Gasteiger partial charge in [0.25, 0.3) is 0 Å². The summed E-state index contributed by atoms with van der Waals surface area (Å²) in [5.41, 5.74) is 8.62. The fourth-order valence-electron chi connectivity index (χ4n) is 1.76. The summed E-state index contributed by atoms with van der Waals surface area (Å²) in [7, 11) is 1.62. The van der Waals surface area contributed by atoms with Crippen LogP contribution < -0.4 is 10.5 Å². The second-order valence-corrected chi connectivity index (χ2v) is 3.73. The summed E-state index contributed by atoms with van der Waals surface area (Å²) in [6.07, 6.45) is 0. The van der Waals surface area contributed by atoms with Gasteiger partial charge < -0.3 is 10.5 Å². The van der Waals surface area contributed by atoms with Crippen LogP contribution in [0.5, 0.6) is 5.75 Å². The average Bonchev–Trinajstić information content (AvgIpc) is 2.39. The first kappa shape index (κ1) is 11.6. The molecule has 0 heterocycles. The van der Waals surface area contributed by atoms with E-state index in [4.69, 9.17) is 10.5 Å². The van der Waals surface area contributed by atoms with Crippen molar-refractivity contribution in [2.24, 2.45) is 5.73 Å². The Hall–Kier alpha value is -1.87. The maximum Gasteiger partial charge on any atom is 0.123 e. The molecule has 88 valence electrons. The summed E-state index contributed by atoms with van der Waals surface area (Å²) in [4.78, 5) is 0. The molecule has 3 heteroatoms. The Balaban J connectivity index is 2.51. The molecule has 0 aliphatic heterocycles. The van der Waals surface area contributed by atoms with E-state index in [1.807, 2.05) is 18.2 Å². The summed E-state index contributed by atoms with van der Waals surface area (Å²) in [5, 5.41) is 0. The molecule has 0 aliphatic carbocycles. The van der Waals surface area contributed by atoms with Crippen molar-refractivity contribution >= 4 is 0 Å². The smallest absolute Gasteiger partial charge is 0.123 e. The molecule has 0 atom stereocenters. The minimum Gasteiger partial charge on any atom is -0.497 e. The molecule has 2 rings (SSSR count). The van der Waals surface area contributed by atoms with Crippen molar-refractivity contribution in [3.05, 3.63) is 53.8 Å². The summed E-state index contributed by atoms with van der Waals surface area (Å²) < 4.78 is 18.1. The van der Waals surface area contributed by atoms with Crippen LogP contribution in [-0.4, -0.2) is 7.11 Å². The maximum atomic E-state index is 12.9. The van der Waals surface area contributed by atoms with Crippen LogP contribution in [0.3, 0.4) is 0 Å². The lowest BCUT2D eigenvalue weighted by molar-refractivity contribution is 0.415. The molecule has 2 aromatic carbocycles. The lowest BCUT2D eigenvalue weighted by Crippen LogP contribution is -1.99. The van der Waals surface area contributed by atoms with E-state index in [0.717, 1.165) is 22.4 Å². The Morgan fingerprint density at radius 2 is 1.82 bits per heavy atom. The van der Waals surface area contributed by atoms with Gasteiger partial charge in [-0.3, -0.25) is 0 Å². The van der Waals surface area contributed by atoms with Gasteiger partial charge in [0.05, 0.1) is 7.11 Å². The molecule has 2 nitrogen and oxygen atoms in total. The number of rotatable bonds is 3. The zero-order chi connectivity index (χ0) is 12.3. The van der Waals surface area contributed by atoms with Crippen LogP contribution in [0.2, 0.25) is 0 Å². The third-order valence-electron chi connectivity index (χ3n) is 2.69. The monoisotopic (exact) mass is 231 g/mol. The molecular weight excluding hydrogens is 217 g/mol. The lowest BCUT2D eigenvalue weighted by Gasteiger charge is -2.10. The van der Waals surface area contributed by atoms with Crippen molar-refractivity contribution in [3.63, 3.8) is 0 Å². The largest absolute Gasteiger partial charge is 0.497 e. The van der Waals surface area contributed by atoms with E-state index in [1.165, 1.54) is 12.1 Å². The van der Waals surface area contributed by atoms with Gasteiger partial charge in [-0.05, 0) is 41.0 Å². The summed E-state index contributed by atoms with van der Waals surface area (Å²) in [6, 6.07) is 12.1. The molecule has 2 N–H and O–H groups in total. The van der Waals surface area contributed by atoms with E-state index in [2.05, 4.69) is 0 Å². The quantitative estimate of drug-likeness (QED) is 0.881. The van der Waals surface area contributed by atoms with Gasteiger partial charge in [0, 0.05) is 6.54 Å². The molecule has 0 aliphatic rings. The van der Waals surface area contributed by atoms with Crippen LogP contribution in [0, 0.1) is 5.82 Å². The number of methoxy groups -OCH3 is 1. The van der Waals surface area contributed by atoms with Crippen molar-refractivity contribution in [1.29, 1.82) is 0 Å². The fraction of sp³-hybridized carbons (Fsp3) is 0.143. The molecule has 0 aromatic heterocycles. The summed E-state index contributed by atoms with van der Waals surface area (Å²) >= 11 is 0. The van der Waals surface area contributed by atoms with Crippen molar-refractivity contribution < 1.29 is 9.13 Å². The zero-order valence-corrected chi connectivity index (χ0v) is 9.61. The Labute approximate surface area is 99.8 Å². The predicted molar refractivity (Wildman–Crippen MR) is 66.3 cm³/mol. The third-order valence-corrected chi connectivity index (χ3v) is 2.69. The highest BCUT2D eigenvalue weighted by Crippen LogP contribution is 2.27. The Bertz CT molecular complexity index is 508. The van der Waals surface area contributed by atoms with Crippen molar-refractivity contribution in [2.75, 3.05) is 7.11 Å². The molecule has 0 saturated heterocycles. The molecular formula is C14H14FNO. The van der Waals surface area contributed by atoms with Crippen LogP contribution in [0.25, 0.3) is 11.1 Å². The van der Waals surface area contributed by atoms with Crippen molar-refractivity contribution in [1.82, 2.24) is 0 Å². The number of hydrogen-bond donors (Lipinski definition) is 1. The van der Waals surface area contributed by atoms with E-state index in [9.17, 15) is 4.39 Å². The van der Waals surface area contributed by atoms with Crippen molar-refractivity contribution in [2.45, 2.75) is 6.54 Å². The third kappa shape index (κ3) is 2.45. The summed E-state index contributed by atoms with van der Waals surface area (Å²) in [6.45, 7) is 0.441. The number of hydrogen-bond acceptors (Lipinski definition) is 2. The Morgan fingerprint density at radius 1 is 1.12 bits per heavy atom. The van der Waals surface area contributed by atoms with E-state index >= 15 is 0 Å². The highest BCUT2D eigenvalue weighted by molar-refractivity contribution is 5.69. The van der Waals surface area contributed by atoms with Crippen LogP contribution >= 0.6 is 0 Å². The van der Waals surface area contributed by atoms with Gasteiger partial charge in [-0.25, -0.2) is 4.39 Å². The second-order valence-electron chi connectivity index (χ2n) is 3.73. The molecule has 0 spiro atoms. The van der Waals surface area contributed by atoms with E-state index in [1.54, 1.807) is 19.2 Å². The molecule has 17 heavy (non-hydrogen) atoms. The highest BCUT2D eigenvalue weighted by atomic mass is 19.1. The maximum absolute atomic E-state index is 12.9. The SMILES string of the molecule is COc1ccc(CN)c(-c2ccc(F)cc2)c1. The number of benzene rings is 2. The standard InChI is InChI=1S/C14H14FNO/c1-17-13-7-4-11(9-16)14(8-13)10-2-5-12(15)6-3-10/h2-8H,9,16H2,1H3. The fourth-order valence-corrected chi connectivity index (χ4v) is 1.76. The minimum atomic E-state index is -0.244. The van der Waals surface area contributed by atoms with Gasteiger partial charge in [-0.2, -0.15) is 0 Å². The normalized spacial score (nSPS) is 10.3. The van der Waals surface area contributed by atoms with E-state index < -0.39 is 0 Å². The molecule has 2 aromatic rings. The average molecular weight is 231 g/mol. The van der Waals surface area contributed by atoms with E-state index in [0.29, 0.717) is 6.54 Å². The van der Waals surface area contributed by atoms with E-state index in [-0.39, 0.29) is 5.82 Å². The molecule has 0 fully saturated rings. The van der Waals surface area contributed by atoms with Gasteiger partial charge >= 0.3 is 0 Å². The van der Waals surface area contributed by atoms with Crippen molar-refractivity contribution in [3.8, 4) is 16.9 Å². The molecule has 0 saturated carbocycles. The molecule has 0 radical (unpaired) electrons. The summed E-state index contributed by atoms with van der Waals surface area (Å²) in [5.74, 6) is 0.521. The predicted octanol–water partition coefficient (Wildman–Crippen LogP) is 2.96. The van der Waals surface area contributed by atoms with Crippen LogP contribution in [0.1, 0.15) is 5.56 Å². The number of ether oxygens (including phenoxy) is 1. The second kappa shape index (κ2) is 4.97. The Kier molecular flexibility index (Phi) is 3.40. The van der Waals surface area contributed by atoms with Gasteiger partial charge in [0.2, 0.25) is 0 Å². The Morgan fingerprint density at radius 3 is 2.41 bits per heavy atom. The minimum absolute atomic E-state index is 0.244. The molecule has 0 bridgehead atoms. The molecule has 0 unspecified atom stereocenters. The first-order chi connectivity index (χ1) is 8.24. The van der Waals surface area contributed by atoms with Crippen LogP contribution in [-0.2, 0) is 6.54 Å². The van der Waals surface area contributed by atoms with Crippen LogP contribution in [0.15, 0.2) is 42.5 Å². The van der Waals surface area contributed by atoms with Crippen LogP contribution in [0.4, 0.5) is 4.39 Å². The number of halogens is 1. The van der Waals surface area contributed by atoms with Gasteiger partial charge in [-0.1, -0.05) is 18.2 Å².